The zero-order valence-electron chi connectivity index (χ0n) is 14.4. The van der Waals surface area contributed by atoms with Crippen molar-refractivity contribution in [2.24, 2.45) is 0 Å². The summed E-state index contributed by atoms with van der Waals surface area (Å²) in [5, 5.41) is 0. The van der Waals surface area contributed by atoms with Crippen molar-refractivity contribution in [3.63, 3.8) is 0 Å². The van der Waals surface area contributed by atoms with Crippen LogP contribution in [0.4, 0.5) is 10.6 Å². The number of rotatable bonds is 5. The maximum absolute atomic E-state index is 12.9. The van der Waals surface area contributed by atoms with Crippen molar-refractivity contribution in [2.75, 3.05) is 4.90 Å². The summed E-state index contributed by atoms with van der Waals surface area (Å²) < 4.78 is 6.41. The van der Waals surface area contributed by atoms with Gasteiger partial charge in [-0.1, -0.05) is 60.7 Å². The predicted octanol–water partition coefficient (Wildman–Crippen LogP) is 5.75. The van der Waals surface area contributed by atoms with Crippen molar-refractivity contribution in [1.82, 2.24) is 4.98 Å². The van der Waals surface area contributed by atoms with E-state index in [1.807, 2.05) is 73.7 Å². The van der Waals surface area contributed by atoms with E-state index in [4.69, 9.17) is 4.74 Å². The molecule has 0 N–H and O–H groups in total. The molecule has 0 aliphatic carbocycles. The molecule has 132 valence electrons. The fraction of sp³-hybridized carbons (Fsp3) is 0.143. The lowest BCUT2D eigenvalue weighted by atomic mass is 10.1. The van der Waals surface area contributed by atoms with E-state index in [1.165, 1.54) is 0 Å². The Balaban J connectivity index is 1.84. The van der Waals surface area contributed by atoms with Crippen LogP contribution in [-0.4, -0.2) is 11.1 Å². The highest BCUT2D eigenvalue weighted by Gasteiger charge is 2.25. The lowest BCUT2D eigenvalue weighted by Gasteiger charge is -2.28. The monoisotopic (exact) mass is 410 g/mol. The highest BCUT2D eigenvalue weighted by molar-refractivity contribution is 9.10. The minimum atomic E-state index is -0.431. The Kier molecular flexibility index (Phi) is 6.02. The zero-order chi connectivity index (χ0) is 18.4. The normalized spacial score (nSPS) is 11.6. The number of nitrogens with zero attached hydrogens (tertiary/aromatic N) is 2. The van der Waals surface area contributed by atoms with Crippen molar-refractivity contribution in [3.8, 4) is 0 Å². The first kappa shape index (κ1) is 18.1. The van der Waals surface area contributed by atoms with Crippen LogP contribution in [0.3, 0.4) is 0 Å². The van der Waals surface area contributed by atoms with Crippen molar-refractivity contribution in [1.29, 1.82) is 0 Å². The average Bonchev–Trinajstić information content (AvgIpc) is 2.69. The van der Waals surface area contributed by atoms with Crippen LogP contribution < -0.4 is 4.90 Å². The number of anilines is 1. The van der Waals surface area contributed by atoms with Crippen molar-refractivity contribution in [2.45, 2.75) is 19.6 Å². The third-order valence-electron chi connectivity index (χ3n) is 4.03. The standard InChI is InChI=1S/C21H19BrN2O2/c1-16(18-10-6-3-7-11-18)24(20-13-12-19(22)14-23-20)21(25)26-15-17-8-4-2-5-9-17/h2-14,16H,15H2,1H3/t16-/m0/s1. The molecule has 0 radical (unpaired) electrons. The Morgan fingerprint density at radius 1 is 1.04 bits per heavy atom. The molecule has 2 aromatic carbocycles. The third-order valence-corrected chi connectivity index (χ3v) is 4.50. The van der Waals surface area contributed by atoms with E-state index < -0.39 is 6.09 Å². The molecule has 0 fully saturated rings. The Hall–Kier alpha value is -2.66. The van der Waals surface area contributed by atoms with Gasteiger partial charge >= 0.3 is 6.09 Å². The largest absolute Gasteiger partial charge is 0.444 e. The molecule has 0 bridgehead atoms. The number of halogens is 1. The molecule has 1 aromatic heterocycles. The Morgan fingerprint density at radius 3 is 2.31 bits per heavy atom. The second kappa shape index (κ2) is 8.63. The molecule has 0 saturated carbocycles. The molecule has 26 heavy (non-hydrogen) atoms. The minimum absolute atomic E-state index is 0.215. The van der Waals surface area contributed by atoms with Crippen LogP contribution in [0.5, 0.6) is 0 Å². The smallest absolute Gasteiger partial charge is 0.416 e. The second-order valence-corrected chi connectivity index (χ2v) is 6.75. The van der Waals surface area contributed by atoms with E-state index in [2.05, 4.69) is 20.9 Å². The summed E-state index contributed by atoms with van der Waals surface area (Å²) in [6.45, 7) is 2.18. The zero-order valence-corrected chi connectivity index (χ0v) is 16.0. The highest BCUT2D eigenvalue weighted by atomic mass is 79.9. The van der Waals surface area contributed by atoms with Gasteiger partial charge in [-0.2, -0.15) is 0 Å². The molecule has 0 unspecified atom stereocenters. The van der Waals surface area contributed by atoms with E-state index in [9.17, 15) is 4.79 Å². The second-order valence-electron chi connectivity index (χ2n) is 5.83. The summed E-state index contributed by atoms with van der Waals surface area (Å²) in [4.78, 5) is 18.8. The number of hydrogen-bond donors (Lipinski definition) is 0. The molecule has 3 aromatic rings. The van der Waals surface area contributed by atoms with Gasteiger partial charge < -0.3 is 4.74 Å². The van der Waals surface area contributed by atoms with Gasteiger partial charge in [0.2, 0.25) is 0 Å². The fourth-order valence-electron chi connectivity index (χ4n) is 2.63. The summed E-state index contributed by atoms with van der Waals surface area (Å²) in [5.41, 5.74) is 1.95. The molecule has 1 heterocycles. The number of aromatic nitrogens is 1. The van der Waals surface area contributed by atoms with Crippen LogP contribution in [0.15, 0.2) is 83.5 Å². The molecule has 0 saturated heterocycles. The quantitative estimate of drug-likeness (QED) is 0.537. The minimum Gasteiger partial charge on any atom is -0.444 e. The molecule has 1 atom stereocenters. The van der Waals surface area contributed by atoms with Crippen LogP contribution >= 0.6 is 15.9 Å². The molecule has 0 aliphatic heterocycles. The van der Waals surface area contributed by atoms with Gasteiger partial charge in [0.05, 0.1) is 6.04 Å². The van der Waals surface area contributed by atoms with Gasteiger partial charge in [0.1, 0.15) is 12.4 Å². The number of carbonyl (C=O) groups is 1. The molecule has 0 aliphatic rings. The van der Waals surface area contributed by atoms with Gasteiger partial charge in [-0.05, 0) is 46.1 Å². The number of carbonyl (C=O) groups excluding carboxylic acids is 1. The van der Waals surface area contributed by atoms with Gasteiger partial charge in [0.15, 0.2) is 0 Å². The molecule has 0 spiro atoms. The first-order valence-corrected chi connectivity index (χ1v) is 9.11. The number of hydrogen-bond acceptors (Lipinski definition) is 3. The van der Waals surface area contributed by atoms with Crippen LogP contribution in [0.25, 0.3) is 0 Å². The predicted molar refractivity (Wildman–Crippen MR) is 106 cm³/mol. The van der Waals surface area contributed by atoms with E-state index in [0.717, 1.165) is 15.6 Å². The molecule has 5 heteroatoms. The summed E-state index contributed by atoms with van der Waals surface area (Å²) in [6, 6.07) is 22.9. The number of pyridine rings is 1. The van der Waals surface area contributed by atoms with Crippen LogP contribution in [0, 0.1) is 0 Å². The molecule has 4 nitrogen and oxygen atoms in total. The van der Waals surface area contributed by atoms with Crippen LogP contribution in [0.2, 0.25) is 0 Å². The van der Waals surface area contributed by atoms with Crippen LogP contribution in [0.1, 0.15) is 24.1 Å². The third kappa shape index (κ3) is 4.49. The molecular weight excluding hydrogens is 392 g/mol. The maximum Gasteiger partial charge on any atom is 0.416 e. The average molecular weight is 411 g/mol. The number of ether oxygens (including phenoxy) is 1. The first-order valence-electron chi connectivity index (χ1n) is 8.31. The Labute approximate surface area is 161 Å². The summed E-state index contributed by atoms with van der Waals surface area (Å²) >= 11 is 3.38. The number of amides is 1. The summed E-state index contributed by atoms with van der Waals surface area (Å²) in [6.07, 6.45) is 1.24. The SMILES string of the molecule is C[C@@H](c1ccccc1)N(C(=O)OCc1ccccc1)c1ccc(Br)cn1. The fourth-order valence-corrected chi connectivity index (χ4v) is 2.86. The lowest BCUT2D eigenvalue weighted by molar-refractivity contribution is 0.144. The lowest BCUT2D eigenvalue weighted by Crippen LogP contribution is -2.34. The molecule has 1 amide bonds. The van der Waals surface area contributed by atoms with Gasteiger partial charge in [-0.15, -0.1) is 0 Å². The van der Waals surface area contributed by atoms with Gasteiger partial charge in [-0.3, -0.25) is 4.90 Å². The van der Waals surface area contributed by atoms with Crippen molar-refractivity contribution < 1.29 is 9.53 Å². The molecular formula is C21H19BrN2O2. The van der Waals surface area contributed by atoms with Crippen LogP contribution in [-0.2, 0) is 11.3 Å². The Morgan fingerprint density at radius 2 is 1.69 bits per heavy atom. The van der Waals surface area contributed by atoms with Crippen molar-refractivity contribution in [3.05, 3.63) is 94.6 Å². The maximum atomic E-state index is 12.9. The first-order chi connectivity index (χ1) is 12.6. The van der Waals surface area contributed by atoms with Gasteiger partial charge in [-0.25, -0.2) is 9.78 Å². The van der Waals surface area contributed by atoms with E-state index in [-0.39, 0.29) is 12.6 Å². The molecule has 3 rings (SSSR count). The summed E-state index contributed by atoms with van der Waals surface area (Å²) in [7, 11) is 0. The highest BCUT2D eigenvalue weighted by Crippen LogP contribution is 2.27. The topological polar surface area (TPSA) is 42.4 Å². The summed E-state index contributed by atoms with van der Waals surface area (Å²) in [5.74, 6) is 0.544. The van der Waals surface area contributed by atoms with E-state index in [1.54, 1.807) is 17.2 Å². The Bertz CT molecular complexity index is 839. The number of benzene rings is 2. The van der Waals surface area contributed by atoms with Crippen molar-refractivity contribution >= 4 is 27.8 Å². The van der Waals surface area contributed by atoms with Gasteiger partial charge in [0, 0.05) is 10.7 Å². The van der Waals surface area contributed by atoms with Gasteiger partial charge in [0.25, 0.3) is 0 Å². The van der Waals surface area contributed by atoms with E-state index in [0.29, 0.717) is 5.82 Å². The van der Waals surface area contributed by atoms with E-state index >= 15 is 0 Å².